The minimum atomic E-state index is -4.09. The zero-order valence-electron chi connectivity index (χ0n) is 13.9. The molecule has 1 aliphatic heterocycles. The molecule has 0 saturated carbocycles. The van der Waals surface area contributed by atoms with E-state index in [1.54, 1.807) is 5.38 Å². The van der Waals surface area contributed by atoms with Crippen LogP contribution in [0.25, 0.3) is 0 Å². The summed E-state index contributed by atoms with van der Waals surface area (Å²) in [6.07, 6.45) is 4.90. The standard InChI is InChI=1S/C15H19ClFIN4O2S2/c1-19-14-4-2-3-5-18(14)21-12-9-11(17)13(8-10(12)16)26(23,24)22-15-20-6-7-25-15/h6-9,14,19,21H,2-5H2,1H3,(H,20,22)/t14-/m0/s1. The number of nitrogens with zero attached hydrogens (tertiary/aromatic N) is 1. The molecule has 1 aliphatic rings. The van der Waals surface area contributed by atoms with Crippen LogP contribution in [-0.2, 0) is 10.0 Å². The van der Waals surface area contributed by atoms with Crippen LogP contribution in [-0.4, -0.2) is 28.9 Å². The molecule has 0 amide bonds. The maximum atomic E-state index is 14.6. The van der Waals surface area contributed by atoms with Crippen LogP contribution in [0.5, 0.6) is 0 Å². The molecule has 0 aliphatic carbocycles. The second kappa shape index (κ2) is 8.55. The number of hydrogen-bond acceptors (Lipinski definition) is 6. The molecule has 0 bridgehead atoms. The molecular formula is C15H19ClFIN4O2S2. The molecular weight excluding hydrogens is 514 g/mol. The molecule has 3 rings (SSSR count). The fourth-order valence-corrected chi connectivity index (χ4v) is 10.8. The summed E-state index contributed by atoms with van der Waals surface area (Å²) < 4.78 is 46.6. The fraction of sp³-hybridized carbons (Fsp3) is 0.400. The van der Waals surface area contributed by atoms with Crippen molar-refractivity contribution in [1.29, 1.82) is 0 Å². The number of nitrogens with one attached hydrogen (secondary N) is 3. The van der Waals surface area contributed by atoms with E-state index in [1.165, 1.54) is 18.7 Å². The molecule has 11 heteroatoms. The van der Waals surface area contributed by atoms with Gasteiger partial charge in [0, 0.05) is 0 Å². The van der Waals surface area contributed by atoms with E-state index in [0.29, 0.717) is 9.74 Å². The van der Waals surface area contributed by atoms with Gasteiger partial charge in [-0.3, -0.25) is 0 Å². The Morgan fingerprint density at radius 1 is 1.38 bits per heavy atom. The van der Waals surface area contributed by atoms with Crippen LogP contribution < -0.4 is 13.6 Å². The van der Waals surface area contributed by atoms with Gasteiger partial charge in [0.15, 0.2) is 0 Å². The summed E-state index contributed by atoms with van der Waals surface area (Å²) in [5.74, 6) is -0.838. The third kappa shape index (κ3) is 4.58. The molecule has 0 radical (unpaired) electrons. The van der Waals surface area contributed by atoms with Gasteiger partial charge in [-0.15, -0.1) is 0 Å². The van der Waals surface area contributed by atoms with Crippen molar-refractivity contribution in [3.8, 4) is 0 Å². The number of aromatic nitrogens is 1. The van der Waals surface area contributed by atoms with Crippen molar-refractivity contribution in [1.82, 2.24) is 10.3 Å². The molecule has 1 aromatic heterocycles. The molecule has 0 unspecified atom stereocenters. The molecule has 3 N–H and O–H groups in total. The Morgan fingerprint density at radius 3 is 2.88 bits per heavy atom. The van der Waals surface area contributed by atoms with Crippen LogP contribution in [0.1, 0.15) is 19.3 Å². The normalized spacial score (nSPS) is 19.3. The van der Waals surface area contributed by atoms with Gasteiger partial charge < -0.3 is 0 Å². The van der Waals surface area contributed by atoms with E-state index in [0.717, 1.165) is 34.7 Å². The number of sulfonamides is 1. The average molecular weight is 533 g/mol. The van der Waals surface area contributed by atoms with E-state index in [2.05, 4.69) is 18.6 Å². The predicted molar refractivity (Wildman–Crippen MR) is 114 cm³/mol. The summed E-state index contributed by atoms with van der Waals surface area (Å²) in [4.78, 5) is 3.37. The number of anilines is 2. The van der Waals surface area contributed by atoms with Crippen LogP contribution >= 0.6 is 43.0 Å². The Bertz CT molecular complexity index is 867. The Morgan fingerprint density at radius 2 is 2.19 bits per heavy atom. The van der Waals surface area contributed by atoms with Crippen LogP contribution in [0.15, 0.2) is 28.6 Å². The monoisotopic (exact) mass is 532 g/mol. The SMILES string of the molecule is CN[C@H]1CCCCI1Nc1cc(F)c(S(=O)(=O)Nc2nccs2)cc1Cl. The molecule has 1 saturated heterocycles. The topological polar surface area (TPSA) is 83.1 Å². The van der Waals surface area contributed by atoms with Gasteiger partial charge in [0.1, 0.15) is 0 Å². The van der Waals surface area contributed by atoms with Gasteiger partial charge in [-0.1, -0.05) is 0 Å². The second-order valence-electron chi connectivity index (χ2n) is 5.64. The van der Waals surface area contributed by atoms with Crippen LogP contribution in [0.3, 0.4) is 0 Å². The van der Waals surface area contributed by atoms with E-state index in [-0.39, 0.29) is 10.2 Å². The van der Waals surface area contributed by atoms with Gasteiger partial charge in [0.05, 0.1) is 0 Å². The summed E-state index contributed by atoms with van der Waals surface area (Å²) in [5.41, 5.74) is 0.463. The Balaban J connectivity index is 1.84. The molecule has 144 valence electrons. The first-order valence-electron chi connectivity index (χ1n) is 7.90. The first-order valence-corrected chi connectivity index (χ1v) is 14.5. The number of benzene rings is 1. The number of alkyl halides is 2. The fourth-order valence-electron chi connectivity index (χ4n) is 2.60. The number of hydrogen-bond donors (Lipinski definition) is 3. The van der Waals surface area contributed by atoms with Gasteiger partial charge in [0.25, 0.3) is 0 Å². The maximum absolute atomic E-state index is 14.6. The summed E-state index contributed by atoms with van der Waals surface area (Å²) in [5, 5.41) is 5.33. The zero-order valence-corrected chi connectivity index (χ0v) is 18.5. The third-order valence-electron chi connectivity index (χ3n) is 3.86. The average Bonchev–Trinajstić information content (AvgIpc) is 3.10. The van der Waals surface area contributed by atoms with E-state index < -0.39 is 40.8 Å². The number of rotatable bonds is 6. The van der Waals surface area contributed by atoms with E-state index in [1.807, 2.05) is 7.05 Å². The van der Waals surface area contributed by atoms with Crippen molar-refractivity contribution < 1.29 is 12.8 Å². The summed E-state index contributed by atoms with van der Waals surface area (Å²) in [6, 6.07) is 2.33. The van der Waals surface area contributed by atoms with E-state index in [9.17, 15) is 12.8 Å². The Labute approximate surface area is 168 Å². The Kier molecular flexibility index (Phi) is 6.59. The van der Waals surface area contributed by atoms with Crippen molar-refractivity contribution >= 4 is 63.9 Å². The first kappa shape index (κ1) is 20.1. The quantitative estimate of drug-likeness (QED) is 0.224. The summed E-state index contributed by atoms with van der Waals surface area (Å²) in [6.45, 7) is 0. The summed E-state index contributed by atoms with van der Waals surface area (Å²) in [7, 11) is -2.16. The van der Waals surface area contributed by atoms with Crippen molar-refractivity contribution in [2.75, 3.05) is 19.7 Å². The molecule has 2 aromatic rings. The Hall–Kier alpha value is -0.690. The van der Waals surface area contributed by atoms with Crippen LogP contribution in [0.4, 0.5) is 15.2 Å². The second-order valence-corrected chi connectivity index (χ2v) is 14.0. The first-order chi connectivity index (χ1) is 12.4. The molecule has 1 atom stereocenters. The van der Waals surface area contributed by atoms with E-state index in [4.69, 9.17) is 11.6 Å². The third-order valence-corrected chi connectivity index (χ3v) is 12.6. The predicted octanol–water partition coefficient (Wildman–Crippen LogP) is 4.30. The van der Waals surface area contributed by atoms with Crippen molar-refractivity contribution in [3.63, 3.8) is 0 Å². The molecule has 0 spiro atoms. The molecule has 1 fully saturated rings. The number of thiazole rings is 1. The number of halogens is 3. The molecule has 1 aromatic carbocycles. The van der Waals surface area contributed by atoms with Gasteiger partial charge in [-0.05, 0) is 0 Å². The van der Waals surface area contributed by atoms with Gasteiger partial charge in [-0.2, -0.15) is 0 Å². The van der Waals surface area contributed by atoms with Crippen molar-refractivity contribution in [2.45, 2.75) is 28.2 Å². The van der Waals surface area contributed by atoms with Gasteiger partial charge in [-0.25, -0.2) is 0 Å². The van der Waals surface area contributed by atoms with Crippen molar-refractivity contribution in [2.24, 2.45) is 0 Å². The van der Waals surface area contributed by atoms with Crippen LogP contribution in [0, 0.1) is 5.82 Å². The minimum absolute atomic E-state index is 0.176. The van der Waals surface area contributed by atoms with Gasteiger partial charge >= 0.3 is 169 Å². The van der Waals surface area contributed by atoms with Crippen LogP contribution in [0.2, 0.25) is 5.02 Å². The summed E-state index contributed by atoms with van der Waals surface area (Å²) >= 11 is 5.78. The molecule has 2 heterocycles. The molecule has 26 heavy (non-hydrogen) atoms. The zero-order chi connectivity index (χ0) is 18.7. The van der Waals surface area contributed by atoms with Gasteiger partial charge in [0.2, 0.25) is 0 Å². The van der Waals surface area contributed by atoms with Crippen molar-refractivity contribution in [3.05, 3.63) is 34.5 Å². The van der Waals surface area contributed by atoms with E-state index >= 15 is 0 Å². The molecule has 6 nitrogen and oxygen atoms in total.